The number of carbonyl (C=O) groups is 1. The molecule has 29 heavy (non-hydrogen) atoms. The van der Waals surface area contributed by atoms with Crippen LogP contribution in [0.1, 0.15) is 40.3 Å². The molecule has 1 aliphatic heterocycles. The van der Waals surface area contributed by atoms with Crippen LogP contribution in [-0.2, 0) is 13.0 Å². The summed E-state index contributed by atoms with van der Waals surface area (Å²) in [4.78, 5) is 23.5. The quantitative estimate of drug-likeness (QED) is 0.581. The molecular weight excluding hydrogens is 415 g/mol. The summed E-state index contributed by atoms with van der Waals surface area (Å²) >= 11 is 7.36. The zero-order valence-electron chi connectivity index (χ0n) is 15.6. The highest BCUT2D eigenvalue weighted by Crippen LogP contribution is 2.34. The monoisotopic (exact) mass is 434 g/mol. The molecule has 9 heteroatoms. The highest BCUT2D eigenvalue weighted by atomic mass is 35.5. The van der Waals surface area contributed by atoms with Crippen molar-refractivity contribution in [3.8, 4) is 0 Å². The summed E-state index contributed by atoms with van der Waals surface area (Å²) in [6, 6.07) is 4.48. The molecule has 3 heterocycles. The number of benzene rings is 1. The number of aliphatic hydroxyl groups is 1. The zero-order chi connectivity index (χ0) is 20.2. The van der Waals surface area contributed by atoms with Crippen LogP contribution in [-0.4, -0.2) is 44.6 Å². The third-order valence-electron chi connectivity index (χ3n) is 5.76. The van der Waals surface area contributed by atoms with E-state index < -0.39 is 11.4 Å². The van der Waals surface area contributed by atoms with Gasteiger partial charge in [-0.15, -0.1) is 0 Å². The van der Waals surface area contributed by atoms with Gasteiger partial charge in [-0.1, -0.05) is 22.9 Å². The molecule has 152 valence electrons. The predicted octanol–water partition coefficient (Wildman–Crippen LogP) is 3.94. The van der Waals surface area contributed by atoms with Crippen LogP contribution in [0.15, 0.2) is 18.2 Å². The van der Waals surface area contributed by atoms with Gasteiger partial charge in [0.25, 0.3) is 5.91 Å². The van der Waals surface area contributed by atoms with E-state index in [0.29, 0.717) is 42.7 Å². The summed E-state index contributed by atoms with van der Waals surface area (Å²) in [5, 5.41) is 14.9. The second-order valence-electron chi connectivity index (χ2n) is 7.83. The number of rotatable bonds is 4. The number of halogens is 2. The van der Waals surface area contributed by atoms with Crippen LogP contribution < -0.4 is 5.32 Å². The molecular formula is C20H20ClFN4O2S. The Morgan fingerprint density at radius 2 is 2.24 bits per heavy atom. The van der Waals surface area contributed by atoms with Crippen LogP contribution in [0.2, 0.25) is 5.02 Å². The van der Waals surface area contributed by atoms with Gasteiger partial charge in [0.15, 0.2) is 5.13 Å². The van der Waals surface area contributed by atoms with Crippen LogP contribution in [0.3, 0.4) is 0 Å². The number of anilines is 1. The Hall–Kier alpha value is -2.16. The molecule has 6 nitrogen and oxygen atoms in total. The number of hydrogen-bond acceptors (Lipinski definition) is 5. The number of carbonyl (C=O) groups excluding carboxylic acids is 1. The van der Waals surface area contributed by atoms with Crippen LogP contribution in [0, 0.1) is 5.82 Å². The summed E-state index contributed by atoms with van der Waals surface area (Å²) in [6.45, 7) is 1.57. The van der Waals surface area contributed by atoms with Crippen molar-refractivity contribution in [2.45, 2.75) is 37.8 Å². The molecule has 0 saturated heterocycles. The van der Waals surface area contributed by atoms with Gasteiger partial charge in [0.05, 0.1) is 22.9 Å². The summed E-state index contributed by atoms with van der Waals surface area (Å²) in [7, 11) is 0. The van der Waals surface area contributed by atoms with Gasteiger partial charge in [-0.05, 0) is 37.5 Å². The molecule has 0 bridgehead atoms. The third kappa shape index (κ3) is 3.49. The molecule has 1 saturated carbocycles. The lowest BCUT2D eigenvalue weighted by molar-refractivity contribution is -0.0202. The Morgan fingerprint density at radius 3 is 3.00 bits per heavy atom. The maximum absolute atomic E-state index is 13.7. The van der Waals surface area contributed by atoms with Crippen molar-refractivity contribution in [2.24, 2.45) is 0 Å². The summed E-state index contributed by atoms with van der Waals surface area (Å²) in [5.74, 6) is -0.633. The van der Waals surface area contributed by atoms with Crippen molar-refractivity contribution in [3.63, 3.8) is 0 Å². The molecule has 3 aromatic rings. The molecule has 0 spiro atoms. The van der Waals surface area contributed by atoms with E-state index in [9.17, 15) is 14.3 Å². The van der Waals surface area contributed by atoms with E-state index in [2.05, 4.69) is 15.3 Å². The van der Waals surface area contributed by atoms with Crippen LogP contribution in [0.4, 0.5) is 9.52 Å². The van der Waals surface area contributed by atoms with Gasteiger partial charge in [0.1, 0.15) is 11.5 Å². The number of nitrogens with one attached hydrogen (secondary N) is 2. The molecule has 3 N–H and O–H groups in total. The Kier molecular flexibility index (Phi) is 4.53. The second-order valence-corrected chi connectivity index (χ2v) is 9.32. The first-order chi connectivity index (χ1) is 13.9. The predicted molar refractivity (Wildman–Crippen MR) is 111 cm³/mol. The Balaban J connectivity index is 1.30. The SMILES string of the molecule is O=C(c1cc2cc(F)c(Cl)cc2[nH]1)N1CCc2nc(NCC3(O)CCC3)sc2C1. The van der Waals surface area contributed by atoms with Gasteiger partial charge < -0.3 is 20.3 Å². The lowest BCUT2D eigenvalue weighted by Crippen LogP contribution is -2.43. The maximum Gasteiger partial charge on any atom is 0.270 e. The Bertz CT molecular complexity index is 1070. The molecule has 5 rings (SSSR count). The molecule has 2 aromatic heterocycles. The molecule has 1 amide bonds. The van der Waals surface area contributed by atoms with E-state index in [-0.39, 0.29) is 10.9 Å². The van der Waals surface area contributed by atoms with E-state index in [1.165, 1.54) is 23.5 Å². The Labute approximate surface area is 175 Å². The fourth-order valence-electron chi connectivity index (χ4n) is 3.86. The van der Waals surface area contributed by atoms with Gasteiger partial charge in [0.2, 0.25) is 0 Å². The lowest BCUT2D eigenvalue weighted by Gasteiger charge is -2.36. The van der Waals surface area contributed by atoms with Crippen LogP contribution in [0.25, 0.3) is 10.9 Å². The topological polar surface area (TPSA) is 81.2 Å². The van der Waals surface area contributed by atoms with Gasteiger partial charge >= 0.3 is 0 Å². The number of aromatic amines is 1. The first kappa shape index (κ1) is 18.8. The first-order valence-electron chi connectivity index (χ1n) is 9.62. The van der Waals surface area contributed by atoms with Crippen LogP contribution in [0.5, 0.6) is 0 Å². The smallest absolute Gasteiger partial charge is 0.270 e. The number of H-pyrrole nitrogens is 1. The molecule has 2 aliphatic rings. The van der Waals surface area contributed by atoms with Crippen molar-refractivity contribution < 1.29 is 14.3 Å². The van der Waals surface area contributed by atoms with Gasteiger partial charge in [-0.2, -0.15) is 0 Å². The number of fused-ring (bicyclic) bond motifs is 2. The van der Waals surface area contributed by atoms with E-state index >= 15 is 0 Å². The maximum atomic E-state index is 13.7. The van der Waals surface area contributed by atoms with Gasteiger partial charge in [-0.25, -0.2) is 9.37 Å². The lowest BCUT2D eigenvalue weighted by atomic mass is 9.80. The molecule has 1 fully saturated rings. The van der Waals surface area contributed by atoms with E-state index in [0.717, 1.165) is 35.0 Å². The fraction of sp³-hybridized carbons (Fsp3) is 0.400. The summed E-state index contributed by atoms with van der Waals surface area (Å²) in [6.07, 6.45) is 3.40. The minimum absolute atomic E-state index is 0.0252. The second kappa shape index (κ2) is 6.97. The van der Waals surface area contributed by atoms with Crippen LogP contribution >= 0.6 is 22.9 Å². The molecule has 1 aliphatic carbocycles. The first-order valence-corrected chi connectivity index (χ1v) is 10.8. The highest BCUT2D eigenvalue weighted by Gasteiger charge is 2.34. The molecule has 0 atom stereocenters. The summed E-state index contributed by atoms with van der Waals surface area (Å²) in [5.41, 5.74) is 1.45. The number of hydrogen-bond donors (Lipinski definition) is 3. The van der Waals surface area contributed by atoms with Crippen molar-refractivity contribution >= 4 is 44.9 Å². The Morgan fingerprint density at radius 1 is 1.41 bits per heavy atom. The van der Waals surface area contributed by atoms with Crippen molar-refractivity contribution in [2.75, 3.05) is 18.4 Å². The number of amides is 1. The van der Waals surface area contributed by atoms with E-state index in [4.69, 9.17) is 11.6 Å². The highest BCUT2D eigenvalue weighted by molar-refractivity contribution is 7.15. The standard InChI is InChI=1S/C20H20ClFN4O2S/c21-12-8-15-11(6-13(12)22)7-16(24-15)18(27)26-5-2-14-17(9-26)29-19(25-14)23-10-20(28)3-1-4-20/h6-8,24,28H,1-5,9-10H2,(H,23,25). The minimum Gasteiger partial charge on any atom is -0.388 e. The van der Waals surface area contributed by atoms with Crippen molar-refractivity contribution in [1.29, 1.82) is 0 Å². The number of aromatic nitrogens is 2. The molecule has 1 aromatic carbocycles. The van der Waals surface area contributed by atoms with E-state index in [1.807, 2.05) is 0 Å². The fourth-order valence-corrected chi connectivity index (χ4v) is 5.04. The third-order valence-corrected chi connectivity index (χ3v) is 7.09. The van der Waals surface area contributed by atoms with Crippen molar-refractivity contribution in [3.05, 3.63) is 45.3 Å². The van der Waals surface area contributed by atoms with Gasteiger partial charge in [-0.3, -0.25) is 4.79 Å². The number of thiazole rings is 1. The summed E-state index contributed by atoms with van der Waals surface area (Å²) < 4.78 is 13.7. The average Bonchev–Trinajstić information content (AvgIpc) is 3.27. The van der Waals surface area contributed by atoms with Crippen molar-refractivity contribution in [1.82, 2.24) is 14.9 Å². The number of nitrogens with zero attached hydrogens (tertiary/aromatic N) is 2. The normalized spacial score (nSPS) is 17.8. The van der Waals surface area contributed by atoms with E-state index in [1.54, 1.807) is 11.0 Å². The van der Waals surface area contributed by atoms with Gasteiger partial charge in [0, 0.05) is 35.3 Å². The minimum atomic E-state index is -0.605. The zero-order valence-corrected chi connectivity index (χ0v) is 17.2. The molecule has 0 radical (unpaired) electrons. The average molecular weight is 435 g/mol. The molecule has 0 unspecified atom stereocenters. The largest absolute Gasteiger partial charge is 0.388 e.